The molecule has 1 aliphatic rings. The summed E-state index contributed by atoms with van der Waals surface area (Å²) in [6.07, 6.45) is -3.46. The number of halogens is 3. The molecule has 0 unspecified atom stereocenters. The van der Waals surface area contributed by atoms with Crippen molar-refractivity contribution in [3.05, 3.63) is 69.7 Å². The van der Waals surface area contributed by atoms with Crippen LogP contribution in [0.5, 0.6) is 0 Å². The first-order valence-electron chi connectivity index (χ1n) is 10.4. The predicted octanol–water partition coefficient (Wildman–Crippen LogP) is 3.35. The third-order valence-electron chi connectivity index (χ3n) is 5.39. The van der Waals surface area contributed by atoms with Crippen LogP contribution >= 0.6 is 11.5 Å². The summed E-state index contributed by atoms with van der Waals surface area (Å²) in [5.74, 6) is 0.418. The van der Waals surface area contributed by atoms with E-state index in [1.54, 1.807) is 18.2 Å². The van der Waals surface area contributed by atoms with Gasteiger partial charge in [0.15, 0.2) is 5.03 Å². The van der Waals surface area contributed by atoms with Gasteiger partial charge in [-0.1, -0.05) is 18.2 Å². The Bertz CT molecular complexity index is 1310. The minimum atomic E-state index is -4.61. The molecule has 1 aliphatic heterocycles. The average Bonchev–Trinajstić information content (AvgIpc) is 3.12. The van der Waals surface area contributed by atoms with E-state index in [4.69, 9.17) is 0 Å². The average molecular weight is 529 g/mol. The van der Waals surface area contributed by atoms with Gasteiger partial charge in [-0.25, -0.2) is 18.4 Å². The summed E-state index contributed by atoms with van der Waals surface area (Å²) in [4.78, 5) is 20.6. The van der Waals surface area contributed by atoms with Gasteiger partial charge in [-0.15, -0.1) is 0 Å². The molecular formula is C20H19F3N6O4S2. The van der Waals surface area contributed by atoms with E-state index in [0.29, 0.717) is 48.3 Å². The van der Waals surface area contributed by atoms with Crippen molar-refractivity contribution >= 4 is 32.4 Å². The maximum absolute atomic E-state index is 12.9. The monoisotopic (exact) mass is 528 g/mol. The molecule has 4 rings (SSSR count). The van der Waals surface area contributed by atoms with E-state index in [9.17, 15) is 31.7 Å². The molecule has 0 radical (unpaired) electrons. The fraction of sp³-hybridized carbons (Fsp3) is 0.350. The SMILES string of the molecule is O=[N+]([O-])c1ccccc1Cc1nsc(N2CCCN(S(=O)(=O)c3ccc(C(F)(F)F)cn3)CC2)n1. The van der Waals surface area contributed by atoms with Gasteiger partial charge in [0.25, 0.3) is 15.7 Å². The number of pyridine rings is 1. The van der Waals surface area contributed by atoms with Gasteiger partial charge in [0.05, 0.1) is 10.5 Å². The molecule has 0 saturated carbocycles. The van der Waals surface area contributed by atoms with Crippen molar-refractivity contribution in [3.8, 4) is 0 Å². The molecular weight excluding hydrogens is 509 g/mol. The zero-order valence-corrected chi connectivity index (χ0v) is 19.7. The first-order valence-corrected chi connectivity index (χ1v) is 12.6. The van der Waals surface area contributed by atoms with E-state index in [-0.39, 0.29) is 25.2 Å². The second-order valence-electron chi connectivity index (χ2n) is 7.68. The second-order valence-corrected chi connectivity index (χ2v) is 10.3. The first kappa shape index (κ1) is 24.9. The van der Waals surface area contributed by atoms with Crippen LogP contribution in [-0.2, 0) is 22.6 Å². The number of anilines is 1. The molecule has 1 saturated heterocycles. The minimum Gasteiger partial charge on any atom is -0.345 e. The normalized spacial score (nSPS) is 15.7. The maximum atomic E-state index is 12.9. The van der Waals surface area contributed by atoms with Crippen molar-refractivity contribution in [1.29, 1.82) is 0 Å². The zero-order chi connectivity index (χ0) is 25.2. The summed E-state index contributed by atoms with van der Waals surface area (Å²) < 4.78 is 69.6. The van der Waals surface area contributed by atoms with Crippen molar-refractivity contribution in [1.82, 2.24) is 18.6 Å². The van der Waals surface area contributed by atoms with E-state index in [1.165, 1.54) is 10.4 Å². The Morgan fingerprint density at radius 3 is 2.54 bits per heavy atom. The molecule has 0 bridgehead atoms. The minimum absolute atomic E-state index is 0.0173. The largest absolute Gasteiger partial charge is 0.417 e. The van der Waals surface area contributed by atoms with Gasteiger partial charge in [0.1, 0.15) is 5.82 Å². The fourth-order valence-electron chi connectivity index (χ4n) is 3.61. The Balaban J connectivity index is 1.44. The molecule has 0 amide bonds. The topological polar surface area (TPSA) is 122 Å². The Kier molecular flexibility index (Phi) is 7.00. The van der Waals surface area contributed by atoms with E-state index >= 15 is 0 Å². The smallest absolute Gasteiger partial charge is 0.345 e. The highest BCUT2D eigenvalue weighted by Gasteiger charge is 2.33. The van der Waals surface area contributed by atoms with Gasteiger partial charge < -0.3 is 4.90 Å². The summed E-state index contributed by atoms with van der Waals surface area (Å²) >= 11 is 1.12. The fourth-order valence-corrected chi connectivity index (χ4v) is 5.73. The predicted molar refractivity (Wildman–Crippen MR) is 121 cm³/mol. The highest BCUT2D eigenvalue weighted by Crippen LogP contribution is 2.29. The summed E-state index contributed by atoms with van der Waals surface area (Å²) in [5.41, 5.74) is -0.554. The number of benzene rings is 1. The Labute approximate surface area is 202 Å². The first-order chi connectivity index (χ1) is 16.6. The van der Waals surface area contributed by atoms with Crippen LogP contribution in [-0.4, -0.2) is 58.2 Å². The lowest BCUT2D eigenvalue weighted by Crippen LogP contribution is -2.35. The van der Waals surface area contributed by atoms with Crippen LogP contribution < -0.4 is 4.90 Å². The van der Waals surface area contributed by atoms with Gasteiger partial charge >= 0.3 is 6.18 Å². The summed E-state index contributed by atoms with van der Waals surface area (Å²) in [6.45, 7) is 1.04. The van der Waals surface area contributed by atoms with Gasteiger partial charge in [-0.05, 0) is 18.6 Å². The second kappa shape index (κ2) is 9.83. The van der Waals surface area contributed by atoms with E-state index in [1.807, 2.05) is 4.90 Å². The highest BCUT2D eigenvalue weighted by molar-refractivity contribution is 7.89. The Morgan fingerprint density at radius 2 is 1.86 bits per heavy atom. The van der Waals surface area contributed by atoms with E-state index in [2.05, 4.69) is 14.3 Å². The van der Waals surface area contributed by atoms with Crippen LogP contribution in [0.2, 0.25) is 0 Å². The molecule has 1 aromatic carbocycles. The Morgan fingerprint density at radius 1 is 1.09 bits per heavy atom. The number of nitro groups is 1. The van der Waals surface area contributed by atoms with Gasteiger partial charge in [0.2, 0.25) is 5.13 Å². The Hall–Kier alpha value is -3.17. The zero-order valence-electron chi connectivity index (χ0n) is 18.1. The van der Waals surface area contributed by atoms with Gasteiger partial charge in [-0.2, -0.15) is 21.9 Å². The van der Waals surface area contributed by atoms with Crippen molar-refractivity contribution in [2.75, 3.05) is 31.1 Å². The van der Waals surface area contributed by atoms with Gasteiger partial charge in [0, 0.05) is 62.0 Å². The molecule has 15 heteroatoms. The number of rotatable bonds is 6. The van der Waals surface area contributed by atoms with E-state index in [0.717, 1.165) is 17.6 Å². The summed E-state index contributed by atoms with van der Waals surface area (Å²) in [5, 5.41) is 11.3. The van der Waals surface area contributed by atoms with Crippen LogP contribution in [0.4, 0.5) is 24.0 Å². The van der Waals surface area contributed by atoms with Crippen LogP contribution in [0.25, 0.3) is 0 Å². The third-order valence-corrected chi connectivity index (χ3v) is 8.02. The van der Waals surface area contributed by atoms with Crippen molar-refractivity contribution in [2.24, 2.45) is 0 Å². The molecule has 35 heavy (non-hydrogen) atoms. The molecule has 3 aromatic rings. The molecule has 0 N–H and O–H groups in total. The molecule has 186 valence electrons. The quantitative estimate of drug-likeness (QED) is 0.353. The number of nitrogens with zero attached hydrogens (tertiary/aromatic N) is 6. The number of para-hydroxylation sites is 1. The molecule has 2 aromatic heterocycles. The van der Waals surface area contributed by atoms with E-state index < -0.39 is 31.7 Å². The van der Waals surface area contributed by atoms with Gasteiger partial charge in [-0.3, -0.25) is 10.1 Å². The third kappa shape index (κ3) is 5.57. The summed E-state index contributed by atoms with van der Waals surface area (Å²) in [6, 6.07) is 7.90. The highest BCUT2D eigenvalue weighted by atomic mass is 32.2. The summed E-state index contributed by atoms with van der Waals surface area (Å²) in [7, 11) is -4.07. The number of nitro benzene ring substituents is 1. The number of hydrogen-bond acceptors (Lipinski definition) is 9. The maximum Gasteiger partial charge on any atom is 0.417 e. The molecule has 10 nitrogen and oxygen atoms in total. The van der Waals surface area contributed by atoms with Crippen LogP contribution in [0.1, 0.15) is 23.4 Å². The number of hydrogen-bond donors (Lipinski definition) is 0. The van der Waals surface area contributed by atoms with Crippen LogP contribution in [0.15, 0.2) is 47.6 Å². The van der Waals surface area contributed by atoms with Crippen molar-refractivity contribution in [2.45, 2.75) is 24.0 Å². The number of alkyl halides is 3. The number of aromatic nitrogens is 3. The lowest BCUT2D eigenvalue weighted by molar-refractivity contribution is -0.385. The molecule has 0 spiro atoms. The van der Waals surface area contributed by atoms with Crippen molar-refractivity contribution in [3.63, 3.8) is 0 Å². The molecule has 1 fully saturated rings. The van der Waals surface area contributed by atoms with Crippen LogP contribution in [0, 0.1) is 10.1 Å². The lowest BCUT2D eigenvalue weighted by atomic mass is 10.1. The van der Waals surface area contributed by atoms with Crippen LogP contribution in [0.3, 0.4) is 0 Å². The molecule has 0 aliphatic carbocycles. The number of sulfonamides is 1. The standard InChI is InChI=1S/C20H19F3N6O4S2/c21-20(22,23)15-6-7-18(24-13-15)35(32,33)28-9-3-8-27(10-11-28)19-25-17(26-34-19)12-14-4-1-2-5-16(14)29(30)31/h1-2,4-7,13H,3,8-12H2. The lowest BCUT2D eigenvalue weighted by Gasteiger charge is -2.21. The molecule has 0 atom stereocenters. The van der Waals surface area contributed by atoms with Crippen molar-refractivity contribution < 1.29 is 26.5 Å². The molecule has 3 heterocycles.